The molecule has 4 rings (SSSR count). The minimum absolute atomic E-state index is 0.0629. The minimum Gasteiger partial charge on any atom is -0.497 e. The summed E-state index contributed by atoms with van der Waals surface area (Å²) >= 11 is 0. The first-order valence-electron chi connectivity index (χ1n) is 11.6. The molecule has 1 N–H and O–H groups in total. The number of ether oxygens (including phenoxy) is 1. The number of fused-ring (bicyclic) bond motifs is 1. The summed E-state index contributed by atoms with van der Waals surface area (Å²) in [7, 11) is 3.12. The van der Waals surface area contributed by atoms with Gasteiger partial charge in [-0.25, -0.2) is 4.39 Å². The zero-order chi connectivity index (χ0) is 25.1. The van der Waals surface area contributed by atoms with E-state index in [0.717, 1.165) is 17.5 Å². The van der Waals surface area contributed by atoms with Gasteiger partial charge in [-0.05, 0) is 78.1 Å². The molecule has 0 saturated carbocycles. The van der Waals surface area contributed by atoms with Gasteiger partial charge in [0.15, 0.2) is 5.78 Å². The molecule has 0 spiro atoms. The van der Waals surface area contributed by atoms with E-state index in [1.807, 2.05) is 24.3 Å². The summed E-state index contributed by atoms with van der Waals surface area (Å²) in [5.74, 6) is 0.771. The van der Waals surface area contributed by atoms with Crippen LogP contribution in [-0.4, -0.2) is 25.8 Å². The standard InChI is InChI=1S/C29H28FNO4/c1-17(2)5-11-25(32)21-13-20(14-23(15-21)34-4)19-8-12-26-24(16-19)27(29(33)31-3)28(35-26)18-6-9-22(30)10-7-18/h6-10,12-17H,5,11H2,1-4H3,(H,31,33). The molecule has 6 heteroatoms. The number of nitrogens with one attached hydrogen (secondary N) is 1. The Bertz CT molecular complexity index is 1390. The van der Waals surface area contributed by atoms with E-state index in [9.17, 15) is 14.0 Å². The topological polar surface area (TPSA) is 68.5 Å². The molecule has 0 aliphatic carbocycles. The van der Waals surface area contributed by atoms with Gasteiger partial charge in [-0.1, -0.05) is 19.9 Å². The van der Waals surface area contributed by atoms with Crippen LogP contribution >= 0.6 is 0 Å². The highest BCUT2D eigenvalue weighted by Crippen LogP contribution is 2.37. The maximum Gasteiger partial charge on any atom is 0.255 e. The van der Waals surface area contributed by atoms with E-state index in [0.29, 0.717) is 51.5 Å². The molecule has 0 saturated heterocycles. The Morgan fingerprint density at radius 1 is 0.971 bits per heavy atom. The van der Waals surface area contributed by atoms with Gasteiger partial charge in [0.2, 0.25) is 0 Å². The smallest absolute Gasteiger partial charge is 0.255 e. The molecule has 0 fully saturated rings. The van der Waals surface area contributed by atoms with Gasteiger partial charge in [-0.15, -0.1) is 0 Å². The lowest BCUT2D eigenvalue weighted by Crippen LogP contribution is -2.18. The molecule has 1 amide bonds. The average molecular weight is 474 g/mol. The number of carbonyl (C=O) groups excluding carboxylic acids is 2. The van der Waals surface area contributed by atoms with E-state index >= 15 is 0 Å². The Morgan fingerprint density at radius 3 is 2.34 bits per heavy atom. The molecule has 0 aliphatic rings. The second-order valence-electron chi connectivity index (χ2n) is 8.91. The summed E-state index contributed by atoms with van der Waals surface area (Å²) < 4.78 is 25.0. The maximum absolute atomic E-state index is 13.5. The number of halogens is 1. The molecule has 1 aromatic heterocycles. The number of benzene rings is 3. The summed E-state index contributed by atoms with van der Waals surface area (Å²) in [6, 6.07) is 16.8. The Labute approximate surface area is 203 Å². The Kier molecular flexibility index (Phi) is 7.01. The maximum atomic E-state index is 13.5. The van der Waals surface area contributed by atoms with Crippen LogP contribution in [0, 0.1) is 11.7 Å². The molecule has 0 aliphatic heterocycles. The molecular formula is C29H28FNO4. The largest absolute Gasteiger partial charge is 0.497 e. The third-order valence-electron chi connectivity index (χ3n) is 5.99. The van der Waals surface area contributed by atoms with Crippen LogP contribution in [-0.2, 0) is 0 Å². The number of methoxy groups -OCH3 is 1. The highest BCUT2D eigenvalue weighted by atomic mass is 19.1. The highest BCUT2D eigenvalue weighted by molar-refractivity contribution is 6.12. The van der Waals surface area contributed by atoms with Gasteiger partial charge in [0.25, 0.3) is 5.91 Å². The van der Waals surface area contributed by atoms with Crippen molar-refractivity contribution in [3.05, 3.63) is 77.6 Å². The van der Waals surface area contributed by atoms with Crippen molar-refractivity contribution < 1.29 is 23.1 Å². The first kappa shape index (κ1) is 24.2. The van der Waals surface area contributed by atoms with Crippen LogP contribution < -0.4 is 10.1 Å². The van der Waals surface area contributed by atoms with Crippen LogP contribution in [0.25, 0.3) is 33.4 Å². The van der Waals surface area contributed by atoms with Gasteiger partial charge in [0.05, 0.1) is 12.7 Å². The zero-order valence-electron chi connectivity index (χ0n) is 20.3. The number of furan rings is 1. The number of ketones is 1. The first-order chi connectivity index (χ1) is 16.8. The van der Waals surface area contributed by atoms with Crippen LogP contribution in [0.2, 0.25) is 0 Å². The van der Waals surface area contributed by atoms with Crippen molar-refractivity contribution in [2.75, 3.05) is 14.2 Å². The molecule has 0 atom stereocenters. The number of Topliss-reactive ketones (excluding diaryl/α,β-unsaturated/α-hetero) is 1. The van der Waals surface area contributed by atoms with E-state index in [4.69, 9.17) is 9.15 Å². The summed E-state index contributed by atoms with van der Waals surface area (Å²) in [5, 5.41) is 3.29. The van der Waals surface area contributed by atoms with Crippen LogP contribution in [0.15, 0.2) is 65.1 Å². The number of hydrogen-bond donors (Lipinski definition) is 1. The number of amides is 1. The Morgan fingerprint density at radius 2 is 1.69 bits per heavy atom. The van der Waals surface area contributed by atoms with Crippen molar-refractivity contribution in [2.24, 2.45) is 5.92 Å². The predicted molar refractivity (Wildman–Crippen MR) is 135 cm³/mol. The zero-order valence-corrected chi connectivity index (χ0v) is 20.3. The van der Waals surface area contributed by atoms with Crippen molar-refractivity contribution in [2.45, 2.75) is 26.7 Å². The third-order valence-corrected chi connectivity index (χ3v) is 5.99. The monoisotopic (exact) mass is 473 g/mol. The summed E-state index contributed by atoms with van der Waals surface area (Å²) in [4.78, 5) is 25.7. The Hall–Kier alpha value is -3.93. The van der Waals surface area contributed by atoms with Gasteiger partial charge in [-0.2, -0.15) is 0 Å². The molecule has 0 unspecified atom stereocenters. The van der Waals surface area contributed by atoms with Crippen molar-refractivity contribution >= 4 is 22.7 Å². The molecule has 5 nitrogen and oxygen atoms in total. The number of rotatable bonds is 8. The van der Waals surface area contributed by atoms with Crippen molar-refractivity contribution in [1.82, 2.24) is 5.32 Å². The van der Waals surface area contributed by atoms with Crippen LogP contribution in [0.3, 0.4) is 0 Å². The molecule has 0 radical (unpaired) electrons. The predicted octanol–water partition coefficient (Wildman–Crippen LogP) is 6.89. The van der Waals surface area contributed by atoms with Gasteiger partial charge >= 0.3 is 0 Å². The fourth-order valence-electron chi connectivity index (χ4n) is 4.04. The molecule has 35 heavy (non-hydrogen) atoms. The average Bonchev–Trinajstić information content (AvgIpc) is 3.25. The molecular weight excluding hydrogens is 445 g/mol. The van der Waals surface area contributed by atoms with Gasteiger partial charge in [0, 0.05) is 30.0 Å². The molecule has 4 aromatic rings. The number of hydrogen-bond acceptors (Lipinski definition) is 4. The van der Waals surface area contributed by atoms with Gasteiger partial charge in [0.1, 0.15) is 22.9 Å². The van der Waals surface area contributed by atoms with E-state index in [-0.39, 0.29) is 17.5 Å². The first-order valence-corrected chi connectivity index (χ1v) is 11.6. The van der Waals surface area contributed by atoms with Crippen molar-refractivity contribution in [1.29, 1.82) is 0 Å². The van der Waals surface area contributed by atoms with Crippen LogP contribution in [0.4, 0.5) is 4.39 Å². The van der Waals surface area contributed by atoms with E-state index < -0.39 is 0 Å². The van der Waals surface area contributed by atoms with E-state index in [2.05, 4.69) is 19.2 Å². The summed E-state index contributed by atoms with van der Waals surface area (Å²) in [6.07, 6.45) is 1.28. The summed E-state index contributed by atoms with van der Waals surface area (Å²) in [6.45, 7) is 4.18. The Balaban J connectivity index is 1.83. The highest BCUT2D eigenvalue weighted by Gasteiger charge is 2.22. The van der Waals surface area contributed by atoms with Crippen LogP contribution in [0.5, 0.6) is 5.75 Å². The lowest BCUT2D eigenvalue weighted by Gasteiger charge is -2.10. The fraction of sp³-hybridized carbons (Fsp3) is 0.241. The lowest BCUT2D eigenvalue weighted by molar-refractivity contribution is 0.0960. The van der Waals surface area contributed by atoms with Crippen molar-refractivity contribution in [3.8, 4) is 28.2 Å². The van der Waals surface area contributed by atoms with E-state index in [1.54, 1.807) is 38.4 Å². The van der Waals surface area contributed by atoms with Crippen LogP contribution in [0.1, 0.15) is 47.4 Å². The third kappa shape index (κ3) is 5.11. The lowest BCUT2D eigenvalue weighted by atomic mass is 9.96. The van der Waals surface area contributed by atoms with Gasteiger partial charge < -0.3 is 14.5 Å². The summed E-state index contributed by atoms with van der Waals surface area (Å²) in [5.41, 5.74) is 3.69. The molecule has 3 aromatic carbocycles. The van der Waals surface area contributed by atoms with Gasteiger partial charge in [-0.3, -0.25) is 9.59 Å². The molecule has 180 valence electrons. The second-order valence-corrected chi connectivity index (χ2v) is 8.91. The molecule has 0 bridgehead atoms. The molecule has 1 heterocycles. The number of carbonyl (C=O) groups is 2. The quantitative estimate of drug-likeness (QED) is 0.283. The minimum atomic E-state index is -0.370. The van der Waals surface area contributed by atoms with E-state index in [1.165, 1.54) is 12.1 Å². The normalized spacial score (nSPS) is 11.1. The fourth-order valence-corrected chi connectivity index (χ4v) is 4.04. The van der Waals surface area contributed by atoms with Crippen molar-refractivity contribution in [3.63, 3.8) is 0 Å². The SMILES string of the molecule is CNC(=O)c1c(-c2ccc(F)cc2)oc2ccc(-c3cc(OC)cc(C(=O)CCC(C)C)c3)cc12. The second kappa shape index (κ2) is 10.1.